The largest absolute Gasteiger partial charge is 0.467 e. The Bertz CT molecular complexity index is 1100. The van der Waals surface area contributed by atoms with Crippen molar-refractivity contribution in [1.29, 1.82) is 0 Å². The first-order valence-corrected chi connectivity index (χ1v) is 11.4. The first-order chi connectivity index (χ1) is 14.9. The summed E-state index contributed by atoms with van der Waals surface area (Å²) in [5.74, 6) is 0.264. The van der Waals surface area contributed by atoms with Crippen molar-refractivity contribution >= 4 is 27.5 Å². The Labute approximate surface area is 187 Å². The zero-order valence-corrected chi connectivity index (χ0v) is 18.4. The van der Waals surface area contributed by atoms with E-state index in [1.54, 1.807) is 17.0 Å². The Morgan fingerprint density at radius 1 is 1.00 bits per heavy atom. The fourth-order valence-electron chi connectivity index (χ4n) is 3.02. The quantitative estimate of drug-likeness (QED) is 0.424. The number of halogens is 1. The van der Waals surface area contributed by atoms with Crippen LogP contribution in [0.15, 0.2) is 95.0 Å². The van der Waals surface area contributed by atoms with Gasteiger partial charge in [0.2, 0.25) is 15.9 Å². The van der Waals surface area contributed by atoms with Gasteiger partial charge in [-0.15, -0.1) is 6.58 Å². The third-order valence-electron chi connectivity index (χ3n) is 4.59. The second kappa shape index (κ2) is 10.4. The fourth-order valence-corrected chi connectivity index (χ4v) is 4.51. The minimum absolute atomic E-state index is 0.00334. The molecule has 1 heterocycles. The molecule has 0 aliphatic rings. The van der Waals surface area contributed by atoms with Gasteiger partial charge in [-0.05, 0) is 42.0 Å². The molecule has 1 aromatic heterocycles. The van der Waals surface area contributed by atoms with Gasteiger partial charge in [-0.25, -0.2) is 8.42 Å². The summed E-state index contributed by atoms with van der Waals surface area (Å²) in [6.07, 6.45) is 2.99. The minimum Gasteiger partial charge on any atom is -0.467 e. The van der Waals surface area contributed by atoms with E-state index in [1.165, 1.54) is 36.6 Å². The molecule has 162 valence electrons. The number of benzene rings is 2. The van der Waals surface area contributed by atoms with Crippen LogP contribution in [0.2, 0.25) is 5.02 Å². The Balaban J connectivity index is 1.84. The van der Waals surface area contributed by atoms with Crippen LogP contribution in [0.3, 0.4) is 0 Å². The van der Waals surface area contributed by atoms with Crippen LogP contribution in [0, 0.1) is 0 Å². The number of nitrogens with zero attached hydrogens (tertiary/aromatic N) is 2. The monoisotopic (exact) mass is 458 g/mol. The highest BCUT2D eigenvalue weighted by Gasteiger charge is 2.28. The molecule has 2 aromatic carbocycles. The highest BCUT2D eigenvalue weighted by molar-refractivity contribution is 7.89. The number of rotatable bonds is 10. The van der Waals surface area contributed by atoms with E-state index < -0.39 is 10.0 Å². The van der Waals surface area contributed by atoms with E-state index in [0.717, 1.165) is 9.87 Å². The molecule has 31 heavy (non-hydrogen) atoms. The predicted molar refractivity (Wildman–Crippen MR) is 120 cm³/mol. The molecule has 8 heteroatoms. The summed E-state index contributed by atoms with van der Waals surface area (Å²) in [5.41, 5.74) is 0.929. The van der Waals surface area contributed by atoms with Crippen molar-refractivity contribution in [3.8, 4) is 0 Å². The van der Waals surface area contributed by atoms with Gasteiger partial charge in [0.25, 0.3) is 0 Å². The molecule has 0 aliphatic heterocycles. The number of carbonyl (C=O) groups excluding carboxylic acids is 1. The zero-order valence-electron chi connectivity index (χ0n) is 16.9. The fraction of sp³-hybridized carbons (Fsp3) is 0.174. The number of carbonyl (C=O) groups is 1. The molecule has 0 radical (unpaired) electrons. The maximum Gasteiger partial charge on any atom is 0.243 e. The van der Waals surface area contributed by atoms with Gasteiger partial charge >= 0.3 is 0 Å². The van der Waals surface area contributed by atoms with Gasteiger partial charge in [0.1, 0.15) is 5.76 Å². The van der Waals surface area contributed by atoms with E-state index in [-0.39, 0.29) is 30.4 Å². The molecular formula is C23H23ClN2O4S. The van der Waals surface area contributed by atoms with Crippen molar-refractivity contribution in [2.75, 3.05) is 13.1 Å². The van der Waals surface area contributed by atoms with Crippen molar-refractivity contribution < 1.29 is 17.6 Å². The maximum atomic E-state index is 13.2. The summed E-state index contributed by atoms with van der Waals surface area (Å²) in [4.78, 5) is 14.8. The molecule has 0 saturated heterocycles. The topological polar surface area (TPSA) is 70.8 Å². The molecule has 0 aliphatic carbocycles. The smallest absolute Gasteiger partial charge is 0.243 e. The highest BCUT2D eigenvalue weighted by atomic mass is 35.5. The third kappa shape index (κ3) is 6.07. The summed E-state index contributed by atoms with van der Waals surface area (Å²) in [5, 5.41) is 0.429. The highest BCUT2D eigenvalue weighted by Crippen LogP contribution is 2.19. The summed E-state index contributed by atoms with van der Waals surface area (Å²) in [6.45, 7) is 3.85. The summed E-state index contributed by atoms with van der Waals surface area (Å²) in [6, 6.07) is 18.9. The third-order valence-corrected chi connectivity index (χ3v) is 6.67. The lowest BCUT2D eigenvalue weighted by Crippen LogP contribution is -2.42. The molecule has 0 spiro atoms. The molecule has 1 amide bonds. The van der Waals surface area contributed by atoms with Crippen LogP contribution in [0.4, 0.5) is 0 Å². The first-order valence-electron chi connectivity index (χ1n) is 9.61. The van der Waals surface area contributed by atoms with Crippen LogP contribution in [0.5, 0.6) is 0 Å². The summed E-state index contributed by atoms with van der Waals surface area (Å²) < 4.78 is 32.7. The van der Waals surface area contributed by atoms with Gasteiger partial charge in [0, 0.05) is 18.1 Å². The van der Waals surface area contributed by atoms with Crippen molar-refractivity contribution in [2.45, 2.75) is 18.0 Å². The van der Waals surface area contributed by atoms with Crippen molar-refractivity contribution in [3.05, 3.63) is 102 Å². The summed E-state index contributed by atoms with van der Waals surface area (Å²) in [7, 11) is -3.91. The molecule has 3 aromatic rings. The summed E-state index contributed by atoms with van der Waals surface area (Å²) >= 11 is 5.88. The lowest BCUT2D eigenvalue weighted by Gasteiger charge is -2.26. The molecule has 3 rings (SSSR count). The number of sulfonamides is 1. The average Bonchev–Trinajstić information content (AvgIpc) is 3.27. The molecule has 0 unspecified atom stereocenters. The standard InChI is InChI=1S/C23H23ClN2O4S/c1-2-14-26(31(28,29)22-12-10-20(24)11-13-22)18-23(27)25(17-21-9-6-15-30-21)16-19-7-4-3-5-8-19/h2-13,15H,1,14,16-18H2. The molecule has 0 atom stereocenters. The second-order valence-corrected chi connectivity index (χ2v) is 9.23. The molecular weight excluding hydrogens is 436 g/mol. The SMILES string of the molecule is C=CCN(CC(=O)N(Cc1ccccc1)Cc1ccco1)S(=O)(=O)c1ccc(Cl)cc1. The number of furan rings is 1. The lowest BCUT2D eigenvalue weighted by molar-refractivity contribution is -0.132. The van der Waals surface area contributed by atoms with Gasteiger partial charge in [0.05, 0.1) is 24.2 Å². The molecule has 0 fully saturated rings. The Morgan fingerprint density at radius 2 is 1.71 bits per heavy atom. The van der Waals surface area contributed by atoms with Crippen LogP contribution in [0.25, 0.3) is 0 Å². The first kappa shape index (κ1) is 22.8. The van der Waals surface area contributed by atoms with E-state index in [2.05, 4.69) is 6.58 Å². The average molecular weight is 459 g/mol. The second-order valence-electron chi connectivity index (χ2n) is 6.85. The van der Waals surface area contributed by atoms with Crippen LogP contribution in [0.1, 0.15) is 11.3 Å². The predicted octanol–water partition coefficient (Wildman–Crippen LogP) is 4.34. The van der Waals surface area contributed by atoms with Gasteiger partial charge in [0.15, 0.2) is 0 Å². The van der Waals surface area contributed by atoms with Gasteiger partial charge in [-0.1, -0.05) is 48.0 Å². The van der Waals surface area contributed by atoms with Crippen molar-refractivity contribution in [3.63, 3.8) is 0 Å². The Morgan fingerprint density at radius 3 is 2.32 bits per heavy atom. The minimum atomic E-state index is -3.91. The molecule has 0 N–H and O–H groups in total. The van der Waals surface area contributed by atoms with E-state index >= 15 is 0 Å². The van der Waals surface area contributed by atoms with Gasteiger partial charge in [-0.2, -0.15) is 4.31 Å². The van der Waals surface area contributed by atoms with Crippen molar-refractivity contribution in [1.82, 2.24) is 9.21 Å². The zero-order chi connectivity index (χ0) is 22.3. The van der Waals surface area contributed by atoms with E-state index in [0.29, 0.717) is 17.3 Å². The number of hydrogen-bond donors (Lipinski definition) is 0. The van der Waals surface area contributed by atoms with Crippen LogP contribution >= 0.6 is 11.6 Å². The van der Waals surface area contributed by atoms with E-state index in [9.17, 15) is 13.2 Å². The van der Waals surface area contributed by atoms with Gasteiger partial charge in [-0.3, -0.25) is 4.79 Å². The lowest BCUT2D eigenvalue weighted by atomic mass is 10.2. The van der Waals surface area contributed by atoms with Crippen molar-refractivity contribution in [2.24, 2.45) is 0 Å². The van der Waals surface area contributed by atoms with E-state index in [1.807, 2.05) is 30.3 Å². The number of amides is 1. The maximum absolute atomic E-state index is 13.2. The molecule has 6 nitrogen and oxygen atoms in total. The molecule has 0 bridgehead atoms. The Hall–Kier alpha value is -2.87. The van der Waals surface area contributed by atoms with Gasteiger partial charge < -0.3 is 9.32 Å². The Kier molecular flexibility index (Phi) is 7.68. The van der Waals surface area contributed by atoms with E-state index in [4.69, 9.17) is 16.0 Å². The van der Waals surface area contributed by atoms with Crippen LogP contribution < -0.4 is 0 Å². The number of hydrogen-bond acceptors (Lipinski definition) is 4. The molecule has 0 saturated carbocycles. The normalized spacial score (nSPS) is 11.4. The van der Waals surface area contributed by atoms with Crippen LogP contribution in [-0.2, 0) is 27.9 Å². The van der Waals surface area contributed by atoms with Crippen LogP contribution in [-0.4, -0.2) is 36.6 Å².